The van der Waals surface area contributed by atoms with Crippen molar-refractivity contribution in [3.05, 3.63) is 39.8 Å². The highest BCUT2D eigenvalue weighted by Gasteiger charge is 2.19. The largest absolute Gasteiger partial charge is 0.337 e. The van der Waals surface area contributed by atoms with Crippen molar-refractivity contribution in [2.75, 3.05) is 0 Å². The van der Waals surface area contributed by atoms with Crippen molar-refractivity contribution in [3.63, 3.8) is 0 Å². The average molecular weight is 290 g/mol. The normalized spacial score (nSPS) is 12.6. The molecule has 0 saturated carbocycles. The molecule has 112 valence electrons. The Morgan fingerprint density at radius 1 is 1.43 bits per heavy atom. The second kappa shape index (κ2) is 6.01. The number of nitro groups is 1. The van der Waals surface area contributed by atoms with Gasteiger partial charge in [0.2, 0.25) is 11.7 Å². The topological polar surface area (TPSA) is 108 Å². The van der Waals surface area contributed by atoms with Gasteiger partial charge in [-0.2, -0.15) is 4.98 Å². The molecule has 0 radical (unpaired) electrons. The lowest BCUT2D eigenvalue weighted by molar-refractivity contribution is -0.384. The molecule has 0 fully saturated rings. The maximum Gasteiger partial charge on any atom is 0.270 e. The molecule has 0 aliphatic carbocycles. The Morgan fingerprint density at radius 3 is 2.76 bits per heavy atom. The van der Waals surface area contributed by atoms with Crippen LogP contribution in [-0.2, 0) is 0 Å². The van der Waals surface area contributed by atoms with E-state index in [9.17, 15) is 10.1 Å². The first kappa shape index (κ1) is 15.1. The van der Waals surface area contributed by atoms with E-state index in [4.69, 9.17) is 10.3 Å². The molecule has 2 N–H and O–H groups in total. The van der Waals surface area contributed by atoms with Crippen LogP contribution in [-0.4, -0.2) is 15.1 Å². The van der Waals surface area contributed by atoms with Crippen LogP contribution in [0.5, 0.6) is 0 Å². The van der Waals surface area contributed by atoms with Gasteiger partial charge in [0.05, 0.1) is 11.0 Å². The van der Waals surface area contributed by atoms with Crippen LogP contribution < -0.4 is 5.73 Å². The third-order valence-corrected chi connectivity index (χ3v) is 3.16. The molecular formula is C14H18N4O3. The number of rotatable bonds is 5. The van der Waals surface area contributed by atoms with Crippen molar-refractivity contribution in [3.8, 4) is 11.4 Å². The SMILES string of the molecule is Cc1ccc([N+](=O)[O-])cc1-c1noc([C@@H](N)CC(C)C)n1. The molecule has 7 nitrogen and oxygen atoms in total. The molecule has 1 aromatic carbocycles. The highest BCUT2D eigenvalue weighted by molar-refractivity contribution is 5.63. The van der Waals surface area contributed by atoms with Crippen LogP contribution in [0.2, 0.25) is 0 Å². The molecule has 2 aromatic rings. The molecular weight excluding hydrogens is 272 g/mol. The third kappa shape index (κ3) is 3.43. The van der Waals surface area contributed by atoms with E-state index in [1.165, 1.54) is 12.1 Å². The van der Waals surface area contributed by atoms with E-state index in [0.29, 0.717) is 23.2 Å². The Balaban J connectivity index is 2.33. The molecule has 0 spiro atoms. The molecule has 0 aliphatic rings. The molecule has 1 atom stereocenters. The number of nitro benzene ring substituents is 1. The first-order valence-electron chi connectivity index (χ1n) is 6.73. The Hall–Kier alpha value is -2.28. The molecule has 0 amide bonds. The van der Waals surface area contributed by atoms with Gasteiger partial charge in [0.1, 0.15) is 0 Å². The summed E-state index contributed by atoms with van der Waals surface area (Å²) in [7, 11) is 0. The van der Waals surface area contributed by atoms with Gasteiger partial charge in [0.15, 0.2) is 0 Å². The van der Waals surface area contributed by atoms with E-state index in [1.807, 2.05) is 6.92 Å². The summed E-state index contributed by atoms with van der Waals surface area (Å²) < 4.78 is 5.18. The van der Waals surface area contributed by atoms with E-state index >= 15 is 0 Å². The number of non-ortho nitro benzene ring substituents is 1. The predicted molar refractivity (Wildman–Crippen MR) is 77.5 cm³/mol. The molecule has 0 aliphatic heterocycles. The van der Waals surface area contributed by atoms with E-state index in [2.05, 4.69) is 24.0 Å². The van der Waals surface area contributed by atoms with Crippen molar-refractivity contribution in [2.45, 2.75) is 33.2 Å². The fourth-order valence-electron chi connectivity index (χ4n) is 2.07. The lowest BCUT2D eigenvalue weighted by Crippen LogP contribution is -2.13. The van der Waals surface area contributed by atoms with Gasteiger partial charge in [-0.25, -0.2) is 0 Å². The molecule has 7 heteroatoms. The number of benzene rings is 1. The summed E-state index contributed by atoms with van der Waals surface area (Å²) in [4.78, 5) is 14.7. The lowest BCUT2D eigenvalue weighted by atomic mass is 10.0. The quantitative estimate of drug-likeness (QED) is 0.669. The van der Waals surface area contributed by atoms with Gasteiger partial charge >= 0.3 is 0 Å². The second-order valence-electron chi connectivity index (χ2n) is 5.45. The predicted octanol–water partition coefficient (Wildman–Crippen LogP) is 3.00. The Bertz CT molecular complexity index is 651. The highest BCUT2D eigenvalue weighted by atomic mass is 16.6. The van der Waals surface area contributed by atoms with Gasteiger partial charge in [0, 0.05) is 17.7 Å². The van der Waals surface area contributed by atoms with Crippen LogP contribution in [0.15, 0.2) is 22.7 Å². The van der Waals surface area contributed by atoms with Crippen molar-refractivity contribution >= 4 is 5.69 Å². The Kier molecular flexibility index (Phi) is 4.32. The van der Waals surface area contributed by atoms with Crippen molar-refractivity contribution in [1.82, 2.24) is 10.1 Å². The lowest BCUT2D eigenvalue weighted by Gasteiger charge is -2.08. The smallest absolute Gasteiger partial charge is 0.270 e. The maximum absolute atomic E-state index is 10.9. The van der Waals surface area contributed by atoms with Crippen LogP contribution in [0.1, 0.15) is 37.8 Å². The zero-order chi connectivity index (χ0) is 15.6. The first-order valence-corrected chi connectivity index (χ1v) is 6.73. The van der Waals surface area contributed by atoms with Crippen LogP contribution in [0.25, 0.3) is 11.4 Å². The van der Waals surface area contributed by atoms with Gasteiger partial charge in [-0.3, -0.25) is 10.1 Å². The van der Waals surface area contributed by atoms with Crippen LogP contribution in [0, 0.1) is 23.0 Å². The molecule has 21 heavy (non-hydrogen) atoms. The fraction of sp³-hybridized carbons (Fsp3) is 0.429. The highest BCUT2D eigenvalue weighted by Crippen LogP contribution is 2.27. The number of aromatic nitrogens is 2. The molecule has 1 aromatic heterocycles. The molecule has 0 saturated heterocycles. The van der Waals surface area contributed by atoms with Gasteiger partial charge in [-0.05, 0) is 24.8 Å². The first-order chi connectivity index (χ1) is 9.88. The molecule has 0 bridgehead atoms. The van der Waals surface area contributed by atoms with Crippen LogP contribution in [0.4, 0.5) is 5.69 Å². The number of nitrogens with zero attached hydrogens (tertiary/aromatic N) is 3. The summed E-state index contributed by atoms with van der Waals surface area (Å²) in [5.41, 5.74) is 7.41. The summed E-state index contributed by atoms with van der Waals surface area (Å²) in [6.45, 7) is 5.95. The minimum Gasteiger partial charge on any atom is -0.337 e. The summed E-state index contributed by atoms with van der Waals surface area (Å²) in [6.07, 6.45) is 0.732. The number of hydrogen-bond donors (Lipinski definition) is 1. The fourth-order valence-corrected chi connectivity index (χ4v) is 2.07. The van der Waals surface area contributed by atoms with E-state index < -0.39 is 4.92 Å². The maximum atomic E-state index is 10.9. The van der Waals surface area contributed by atoms with Crippen molar-refractivity contribution in [2.24, 2.45) is 11.7 Å². The summed E-state index contributed by atoms with van der Waals surface area (Å²) in [6, 6.07) is 4.23. The standard InChI is InChI=1S/C14H18N4O3/c1-8(2)6-12(15)14-16-13(17-21-14)11-7-10(18(19)20)5-4-9(11)3/h4-5,7-8,12H,6,15H2,1-3H3/t12-/m0/s1. The van der Waals surface area contributed by atoms with Gasteiger partial charge in [-0.1, -0.05) is 25.1 Å². The second-order valence-corrected chi connectivity index (χ2v) is 5.45. The third-order valence-electron chi connectivity index (χ3n) is 3.16. The summed E-state index contributed by atoms with van der Waals surface area (Å²) in [5, 5.41) is 14.7. The Labute approximate surface area is 122 Å². The minimum atomic E-state index is -0.450. The van der Waals surface area contributed by atoms with E-state index in [1.54, 1.807) is 6.07 Å². The monoisotopic (exact) mass is 290 g/mol. The van der Waals surface area contributed by atoms with Gasteiger partial charge in [-0.15, -0.1) is 0 Å². The van der Waals surface area contributed by atoms with Crippen molar-refractivity contribution < 1.29 is 9.45 Å². The number of hydrogen-bond acceptors (Lipinski definition) is 6. The van der Waals surface area contributed by atoms with Gasteiger partial charge in [0.25, 0.3) is 5.69 Å². The van der Waals surface area contributed by atoms with E-state index in [0.717, 1.165) is 12.0 Å². The number of nitrogens with two attached hydrogens (primary N) is 1. The molecule has 1 heterocycles. The summed E-state index contributed by atoms with van der Waals surface area (Å²) in [5.74, 6) is 1.09. The zero-order valence-corrected chi connectivity index (χ0v) is 12.2. The molecule has 0 unspecified atom stereocenters. The summed E-state index contributed by atoms with van der Waals surface area (Å²) >= 11 is 0. The Morgan fingerprint density at radius 2 is 2.14 bits per heavy atom. The average Bonchev–Trinajstić information content (AvgIpc) is 2.87. The minimum absolute atomic E-state index is 0.00608. The van der Waals surface area contributed by atoms with E-state index in [-0.39, 0.29) is 11.7 Å². The number of aryl methyl sites for hydroxylation is 1. The zero-order valence-electron chi connectivity index (χ0n) is 12.2. The van der Waals surface area contributed by atoms with Crippen LogP contribution >= 0.6 is 0 Å². The van der Waals surface area contributed by atoms with Crippen molar-refractivity contribution in [1.29, 1.82) is 0 Å². The molecule has 2 rings (SSSR count). The van der Waals surface area contributed by atoms with Crippen LogP contribution in [0.3, 0.4) is 0 Å². The van der Waals surface area contributed by atoms with Gasteiger partial charge < -0.3 is 10.3 Å².